The Bertz CT molecular complexity index is 1110. The van der Waals surface area contributed by atoms with Crippen LogP contribution in [0.1, 0.15) is 36.2 Å². The molecule has 6 heteroatoms. The third-order valence-electron chi connectivity index (χ3n) is 6.86. The number of Topliss-reactive ketones (excluding diaryl/α,β-unsaturated/α-hetero) is 1. The summed E-state index contributed by atoms with van der Waals surface area (Å²) in [5.41, 5.74) is 2.25. The van der Waals surface area contributed by atoms with Gasteiger partial charge in [-0.25, -0.2) is 0 Å². The molecule has 31 heavy (non-hydrogen) atoms. The number of carbonyl (C=O) groups excluding carboxylic acids is 3. The van der Waals surface area contributed by atoms with E-state index in [4.69, 9.17) is 11.6 Å². The highest BCUT2D eigenvalue weighted by molar-refractivity contribution is 6.30. The van der Waals surface area contributed by atoms with Crippen LogP contribution in [-0.4, -0.2) is 40.6 Å². The molecule has 0 aliphatic carbocycles. The number of benzene rings is 2. The summed E-state index contributed by atoms with van der Waals surface area (Å²) >= 11 is 6.19. The van der Waals surface area contributed by atoms with Crippen molar-refractivity contribution in [1.82, 2.24) is 4.90 Å². The molecular weight excluding hydrogens is 412 g/mol. The summed E-state index contributed by atoms with van der Waals surface area (Å²) in [5.74, 6) is -1.83. The zero-order chi connectivity index (χ0) is 21.9. The van der Waals surface area contributed by atoms with Crippen LogP contribution in [0.2, 0.25) is 5.02 Å². The quantitative estimate of drug-likeness (QED) is 0.534. The van der Waals surface area contributed by atoms with E-state index < -0.39 is 17.9 Å². The van der Waals surface area contributed by atoms with E-state index >= 15 is 0 Å². The summed E-state index contributed by atoms with van der Waals surface area (Å²) in [6.45, 7) is 3.84. The average Bonchev–Trinajstić information content (AvgIpc) is 3.26. The Balaban J connectivity index is 1.66. The van der Waals surface area contributed by atoms with Crippen molar-refractivity contribution in [3.05, 3.63) is 70.8 Å². The van der Waals surface area contributed by atoms with Gasteiger partial charge in [0.15, 0.2) is 5.78 Å². The molecule has 158 valence electrons. The normalized spacial score (nSPS) is 27.2. The number of fused-ring (bicyclic) bond motifs is 5. The number of hydrogen-bond acceptors (Lipinski definition) is 4. The first-order chi connectivity index (χ1) is 14.9. The second-order valence-electron chi connectivity index (χ2n) is 8.49. The van der Waals surface area contributed by atoms with Gasteiger partial charge in [0.2, 0.25) is 11.8 Å². The summed E-state index contributed by atoms with van der Waals surface area (Å²) in [5, 5.41) is 0.599. The predicted molar refractivity (Wildman–Crippen MR) is 120 cm³/mol. The highest BCUT2D eigenvalue weighted by atomic mass is 35.5. The molecule has 5 rings (SSSR count). The monoisotopic (exact) mass is 434 g/mol. The van der Waals surface area contributed by atoms with Crippen LogP contribution < -0.4 is 4.90 Å². The maximum Gasteiger partial charge on any atom is 0.236 e. The number of nitrogens with zero attached hydrogens (tertiary/aromatic N) is 2. The molecule has 2 amide bonds. The van der Waals surface area contributed by atoms with Gasteiger partial charge in [-0.3, -0.25) is 19.3 Å². The number of halogens is 1. The van der Waals surface area contributed by atoms with Gasteiger partial charge in [0.1, 0.15) is 6.04 Å². The molecule has 2 saturated heterocycles. The number of carbonyl (C=O) groups is 3. The molecule has 0 saturated carbocycles. The van der Waals surface area contributed by atoms with E-state index in [9.17, 15) is 14.4 Å². The fourth-order valence-corrected chi connectivity index (χ4v) is 5.44. The van der Waals surface area contributed by atoms with Crippen LogP contribution in [0, 0.1) is 11.8 Å². The van der Waals surface area contributed by atoms with Gasteiger partial charge in [-0.05, 0) is 37.1 Å². The van der Waals surface area contributed by atoms with E-state index in [-0.39, 0.29) is 29.7 Å². The van der Waals surface area contributed by atoms with Gasteiger partial charge >= 0.3 is 0 Å². The number of rotatable bonds is 4. The van der Waals surface area contributed by atoms with Crippen LogP contribution in [0.5, 0.6) is 0 Å². The lowest BCUT2D eigenvalue weighted by Crippen LogP contribution is -2.50. The summed E-state index contributed by atoms with van der Waals surface area (Å²) in [6.07, 6.45) is 4.57. The molecule has 0 N–H and O–H groups in total. The van der Waals surface area contributed by atoms with E-state index in [1.165, 1.54) is 4.90 Å². The first-order valence-corrected chi connectivity index (χ1v) is 11.0. The smallest absolute Gasteiger partial charge is 0.236 e. The summed E-state index contributed by atoms with van der Waals surface area (Å²) in [7, 11) is 0. The largest absolute Gasteiger partial charge is 0.352 e. The molecule has 0 bridgehead atoms. The molecule has 3 heterocycles. The van der Waals surface area contributed by atoms with Crippen LogP contribution in [0.25, 0.3) is 6.08 Å². The van der Waals surface area contributed by atoms with Gasteiger partial charge in [0.25, 0.3) is 0 Å². The number of anilines is 1. The molecule has 5 nitrogen and oxygen atoms in total. The molecule has 0 radical (unpaired) electrons. The first kappa shape index (κ1) is 20.0. The number of imide groups is 1. The molecule has 2 aromatic carbocycles. The minimum atomic E-state index is -0.743. The Labute approximate surface area is 186 Å². The predicted octanol–water partition coefficient (Wildman–Crippen LogP) is 4.21. The Morgan fingerprint density at radius 2 is 1.77 bits per heavy atom. The first-order valence-electron chi connectivity index (χ1n) is 10.7. The number of hydrogen-bond donors (Lipinski definition) is 0. The zero-order valence-corrected chi connectivity index (χ0v) is 18.1. The standard InChI is InChI=1S/C25H23ClN2O3/c1-3-14(2)27-24(30)20-19-11-9-16-13-17(26)10-12-18(16)28(19)22(21(20)25(27)31)23(29)15-7-5-4-6-8-15/h4-14,19-22H,3H2,1-2H3/t14-,19+,20-,21+,22+/m0/s1. The minimum Gasteiger partial charge on any atom is -0.352 e. The second kappa shape index (κ2) is 7.34. The van der Waals surface area contributed by atoms with Crippen molar-refractivity contribution >= 4 is 41.0 Å². The maximum absolute atomic E-state index is 13.7. The number of amides is 2. The lowest BCUT2D eigenvalue weighted by atomic mass is 9.86. The third-order valence-corrected chi connectivity index (χ3v) is 7.10. The van der Waals surface area contributed by atoms with Gasteiger partial charge in [-0.1, -0.05) is 61.0 Å². The van der Waals surface area contributed by atoms with E-state index in [0.29, 0.717) is 17.0 Å². The highest BCUT2D eigenvalue weighted by Crippen LogP contribution is 2.49. The molecule has 0 aromatic heterocycles. The van der Waals surface area contributed by atoms with Crippen molar-refractivity contribution in [2.24, 2.45) is 11.8 Å². The number of ketones is 1. The van der Waals surface area contributed by atoms with Crippen molar-refractivity contribution in [3.8, 4) is 0 Å². The zero-order valence-electron chi connectivity index (χ0n) is 17.4. The Morgan fingerprint density at radius 1 is 1.06 bits per heavy atom. The van der Waals surface area contributed by atoms with Crippen LogP contribution in [0.4, 0.5) is 5.69 Å². The van der Waals surface area contributed by atoms with Gasteiger partial charge < -0.3 is 4.90 Å². The van der Waals surface area contributed by atoms with Gasteiger partial charge in [0, 0.05) is 22.3 Å². The van der Waals surface area contributed by atoms with Crippen molar-refractivity contribution in [3.63, 3.8) is 0 Å². The van der Waals surface area contributed by atoms with E-state index in [2.05, 4.69) is 0 Å². The van der Waals surface area contributed by atoms with Gasteiger partial charge in [0.05, 0.1) is 17.9 Å². The third kappa shape index (κ3) is 2.87. The summed E-state index contributed by atoms with van der Waals surface area (Å²) in [6, 6.07) is 13.2. The molecular formula is C25H23ClN2O3. The van der Waals surface area contributed by atoms with Crippen molar-refractivity contribution in [2.45, 2.75) is 38.4 Å². The Hall–Kier alpha value is -2.92. The SMILES string of the molecule is CC[C@H](C)N1C(=O)[C@@H]2[C@@H](C1=O)[C@H](C(=O)c1ccccc1)N1c3ccc(Cl)cc3C=C[C@H]21. The molecule has 0 spiro atoms. The van der Waals surface area contributed by atoms with Crippen molar-refractivity contribution in [1.29, 1.82) is 0 Å². The van der Waals surface area contributed by atoms with Crippen LogP contribution in [0.15, 0.2) is 54.6 Å². The fraction of sp³-hybridized carbons (Fsp3) is 0.320. The topological polar surface area (TPSA) is 57.7 Å². The second-order valence-corrected chi connectivity index (χ2v) is 8.93. The number of likely N-dealkylation sites (tertiary alicyclic amines) is 1. The van der Waals surface area contributed by atoms with Crippen molar-refractivity contribution < 1.29 is 14.4 Å². The van der Waals surface area contributed by atoms with Crippen LogP contribution in [-0.2, 0) is 9.59 Å². The Morgan fingerprint density at radius 3 is 2.48 bits per heavy atom. The van der Waals surface area contributed by atoms with Gasteiger partial charge in [-0.15, -0.1) is 0 Å². The lowest BCUT2D eigenvalue weighted by Gasteiger charge is -2.37. The highest BCUT2D eigenvalue weighted by Gasteiger charge is 2.64. The van der Waals surface area contributed by atoms with Gasteiger partial charge in [-0.2, -0.15) is 0 Å². The Kier molecular flexibility index (Phi) is 4.74. The van der Waals surface area contributed by atoms with Crippen molar-refractivity contribution in [2.75, 3.05) is 4.90 Å². The van der Waals surface area contributed by atoms with Crippen LogP contribution in [0.3, 0.4) is 0 Å². The lowest BCUT2D eigenvalue weighted by molar-refractivity contribution is -0.142. The molecule has 3 aliphatic heterocycles. The molecule has 2 aromatic rings. The van der Waals surface area contributed by atoms with E-state index in [1.54, 1.807) is 18.2 Å². The molecule has 2 fully saturated rings. The maximum atomic E-state index is 13.7. The van der Waals surface area contributed by atoms with Crippen LogP contribution >= 0.6 is 11.6 Å². The summed E-state index contributed by atoms with van der Waals surface area (Å²) < 4.78 is 0. The molecule has 3 aliphatic rings. The molecule has 5 atom stereocenters. The summed E-state index contributed by atoms with van der Waals surface area (Å²) in [4.78, 5) is 44.1. The van der Waals surface area contributed by atoms with E-state index in [1.807, 2.05) is 61.2 Å². The molecule has 0 unspecified atom stereocenters. The fourth-order valence-electron chi connectivity index (χ4n) is 5.26. The average molecular weight is 435 g/mol. The minimum absolute atomic E-state index is 0.138. The van der Waals surface area contributed by atoms with E-state index in [0.717, 1.165) is 11.3 Å².